The fourth-order valence-electron chi connectivity index (χ4n) is 2.26. The highest BCUT2D eigenvalue weighted by atomic mass is 19.1. The van der Waals surface area contributed by atoms with Crippen molar-refractivity contribution in [3.05, 3.63) is 29.6 Å². The van der Waals surface area contributed by atoms with Crippen LogP contribution in [0.4, 0.5) is 4.39 Å². The second-order valence-corrected chi connectivity index (χ2v) is 4.63. The fraction of sp³-hybridized carbons (Fsp3) is 0.500. The van der Waals surface area contributed by atoms with Crippen LogP contribution in [0.2, 0.25) is 0 Å². The lowest BCUT2D eigenvalue weighted by atomic mass is 10.1. The number of nitrogens with two attached hydrogens (primary N) is 1. The second kappa shape index (κ2) is 6.02. The predicted molar refractivity (Wildman–Crippen MR) is 70.3 cm³/mol. The molecule has 2 N–H and O–H groups in total. The highest BCUT2D eigenvalue weighted by Crippen LogP contribution is 2.23. The van der Waals surface area contributed by atoms with Crippen molar-refractivity contribution in [3.63, 3.8) is 0 Å². The summed E-state index contributed by atoms with van der Waals surface area (Å²) < 4.78 is 18.9. The van der Waals surface area contributed by atoms with Gasteiger partial charge in [0.25, 0.3) is 0 Å². The molecule has 5 heteroatoms. The van der Waals surface area contributed by atoms with Crippen LogP contribution in [0.25, 0.3) is 0 Å². The van der Waals surface area contributed by atoms with Crippen molar-refractivity contribution in [2.24, 2.45) is 5.73 Å². The van der Waals surface area contributed by atoms with Crippen molar-refractivity contribution in [2.75, 3.05) is 19.7 Å². The van der Waals surface area contributed by atoms with Crippen molar-refractivity contribution in [1.29, 1.82) is 0 Å². The van der Waals surface area contributed by atoms with Gasteiger partial charge in [0, 0.05) is 13.1 Å². The van der Waals surface area contributed by atoms with Gasteiger partial charge < -0.3 is 15.4 Å². The molecule has 0 bridgehead atoms. The van der Waals surface area contributed by atoms with Gasteiger partial charge in [-0.25, -0.2) is 4.39 Å². The molecular weight excluding hydrogens is 247 g/mol. The van der Waals surface area contributed by atoms with Crippen molar-refractivity contribution >= 4 is 5.91 Å². The Balaban J connectivity index is 2.12. The summed E-state index contributed by atoms with van der Waals surface area (Å²) in [6.45, 7) is 3.67. The van der Waals surface area contributed by atoms with E-state index in [2.05, 4.69) is 0 Å². The average molecular weight is 266 g/mol. The summed E-state index contributed by atoms with van der Waals surface area (Å²) in [5, 5.41) is 0. The lowest BCUT2D eigenvalue weighted by molar-refractivity contribution is -0.131. The maximum absolute atomic E-state index is 13.7. The van der Waals surface area contributed by atoms with Gasteiger partial charge in [-0.3, -0.25) is 4.79 Å². The van der Waals surface area contributed by atoms with Crippen LogP contribution in [-0.4, -0.2) is 30.5 Å². The smallest absolute Gasteiger partial charge is 0.244 e. The first kappa shape index (κ1) is 13.8. The van der Waals surface area contributed by atoms with Crippen LogP contribution >= 0.6 is 0 Å². The van der Waals surface area contributed by atoms with Crippen molar-refractivity contribution < 1.29 is 13.9 Å². The van der Waals surface area contributed by atoms with Crippen LogP contribution in [-0.2, 0) is 4.79 Å². The molecule has 0 radical (unpaired) electrons. The maximum Gasteiger partial charge on any atom is 0.244 e. The molecule has 0 aliphatic carbocycles. The highest BCUT2D eigenvalue weighted by molar-refractivity contribution is 5.83. The summed E-state index contributed by atoms with van der Waals surface area (Å²) in [5.41, 5.74) is 6.40. The van der Waals surface area contributed by atoms with Crippen LogP contribution < -0.4 is 10.5 Å². The van der Waals surface area contributed by atoms with E-state index in [-0.39, 0.29) is 11.7 Å². The van der Waals surface area contributed by atoms with Crippen LogP contribution in [0, 0.1) is 5.82 Å². The summed E-state index contributed by atoms with van der Waals surface area (Å²) in [5.74, 6) is -0.433. The van der Waals surface area contributed by atoms with E-state index in [0.717, 1.165) is 25.9 Å². The Labute approximate surface area is 112 Å². The lowest BCUT2D eigenvalue weighted by Crippen LogP contribution is -2.36. The first-order chi connectivity index (χ1) is 9.13. The third-order valence-electron chi connectivity index (χ3n) is 3.30. The zero-order chi connectivity index (χ0) is 13.8. The molecule has 0 spiro atoms. The Morgan fingerprint density at radius 3 is 2.74 bits per heavy atom. The number of likely N-dealkylation sites (tertiary alicyclic amines) is 1. The number of benzene rings is 1. The number of rotatable bonds is 4. The van der Waals surface area contributed by atoms with Gasteiger partial charge in [0.2, 0.25) is 5.91 Å². The van der Waals surface area contributed by atoms with Crippen molar-refractivity contribution in [3.8, 4) is 5.75 Å². The quantitative estimate of drug-likeness (QED) is 0.904. The van der Waals surface area contributed by atoms with E-state index in [4.69, 9.17) is 10.5 Å². The SMILES string of the molecule is CCOc1ccc(C(N)C(=O)N2CCCC2)cc1F. The molecule has 1 unspecified atom stereocenters. The van der Waals surface area contributed by atoms with Gasteiger partial charge in [-0.15, -0.1) is 0 Å². The molecule has 1 amide bonds. The topological polar surface area (TPSA) is 55.6 Å². The summed E-state index contributed by atoms with van der Waals surface area (Å²) in [6.07, 6.45) is 2.02. The minimum Gasteiger partial charge on any atom is -0.491 e. The molecule has 19 heavy (non-hydrogen) atoms. The lowest BCUT2D eigenvalue weighted by Gasteiger charge is -2.20. The molecule has 104 valence electrons. The minimum absolute atomic E-state index is 0.138. The number of amides is 1. The van der Waals surface area contributed by atoms with E-state index in [1.165, 1.54) is 12.1 Å². The molecule has 1 aliphatic rings. The molecule has 4 nitrogen and oxygen atoms in total. The number of carbonyl (C=O) groups is 1. The number of halogens is 1. The Morgan fingerprint density at radius 1 is 1.47 bits per heavy atom. The maximum atomic E-state index is 13.7. The Bertz CT molecular complexity index is 459. The first-order valence-corrected chi connectivity index (χ1v) is 6.60. The van der Waals surface area contributed by atoms with E-state index in [0.29, 0.717) is 12.2 Å². The number of carbonyl (C=O) groups excluding carboxylic acids is 1. The van der Waals surface area contributed by atoms with E-state index in [1.54, 1.807) is 17.9 Å². The molecule has 2 rings (SSSR count). The van der Waals surface area contributed by atoms with Gasteiger partial charge in [-0.2, -0.15) is 0 Å². The molecular formula is C14H19FN2O2. The fourth-order valence-corrected chi connectivity index (χ4v) is 2.26. The van der Waals surface area contributed by atoms with E-state index in [9.17, 15) is 9.18 Å². The number of hydrogen-bond donors (Lipinski definition) is 1. The monoisotopic (exact) mass is 266 g/mol. The van der Waals surface area contributed by atoms with Crippen molar-refractivity contribution in [1.82, 2.24) is 4.90 Å². The predicted octanol–water partition coefficient (Wildman–Crippen LogP) is 1.85. The molecule has 1 heterocycles. The van der Waals surface area contributed by atoms with E-state index >= 15 is 0 Å². The van der Waals surface area contributed by atoms with Gasteiger partial charge in [0.05, 0.1) is 6.61 Å². The van der Waals surface area contributed by atoms with Crippen LogP contribution in [0.5, 0.6) is 5.75 Å². The molecule has 1 aromatic rings. The van der Waals surface area contributed by atoms with Crippen LogP contribution in [0.15, 0.2) is 18.2 Å². The van der Waals surface area contributed by atoms with Crippen LogP contribution in [0.1, 0.15) is 31.4 Å². The average Bonchev–Trinajstić information content (AvgIpc) is 2.93. The Morgan fingerprint density at radius 2 is 2.16 bits per heavy atom. The van der Waals surface area contributed by atoms with Gasteiger partial charge in [0.15, 0.2) is 11.6 Å². The third-order valence-corrected chi connectivity index (χ3v) is 3.30. The van der Waals surface area contributed by atoms with Gasteiger partial charge >= 0.3 is 0 Å². The first-order valence-electron chi connectivity index (χ1n) is 6.60. The van der Waals surface area contributed by atoms with Crippen molar-refractivity contribution in [2.45, 2.75) is 25.8 Å². The highest BCUT2D eigenvalue weighted by Gasteiger charge is 2.25. The molecule has 0 aromatic heterocycles. The van der Waals surface area contributed by atoms with E-state index in [1.807, 2.05) is 0 Å². The summed E-state index contributed by atoms with van der Waals surface area (Å²) >= 11 is 0. The number of ether oxygens (including phenoxy) is 1. The largest absolute Gasteiger partial charge is 0.491 e. The molecule has 1 aliphatic heterocycles. The van der Waals surface area contributed by atoms with Gasteiger partial charge in [0.1, 0.15) is 6.04 Å². The standard InChI is InChI=1S/C14H19FN2O2/c1-2-19-12-6-5-10(9-11(12)15)13(16)14(18)17-7-3-4-8-17/h5-6,9,13H,2-4,7-8,16H2,1H3. The van der Waals surface area contributed by atoms with Gasteiger partial charge in [-0.1, -0.05) is 6.07 Å². The summed E-state index contributed by atoms with van der Waals surface area (Å²) in [6, 6.07) is 3.64. The number of nitrogens with zero attached hydrogens (tertiary/aromatic N) is 1. The second-order valence-electron chi connectivity index (χ2n) is 4.63. The summed E-state index contributed by atoms with van der Waals surface area (Å²) in [4.78, 5) is 13.9. The normalized spacial score (nSPS) is 16.5. The zero-order valence-electron chi connectivity index (χ0n) is 11.1. The molecule has 1 aromatic carbocycles. The summed E-state index contributed by atoms with van der Waals surface area (Å²) in [7, 11) is 0. The van der Waals surface area contributed by atoms with Gasteiger partial charge in [-0.05, 0) is 37.5 Å². The van der Waals surface area contributed by atoms with E-state index < -0.39 is 11.9 Å². The zero-order valence-corrected chi connectivity index (χ0v) is 11.1. The minimum atomic E-state index is -0.803. The third kappa shape index (κ3) is 3.04. The molecule has 1 fully saturated rings. The number of hydrogen-bond acceptors (Lipinski definition) is 3. The molecule has 1 atom stereocenters. The van der Waals surface area contributed by atoms with Crippen LogP contribution in [0.3, 0.4) is 0 Å². The molecule has 1 saturated heterocycles. The Kier molecular flexibility index (Phi) is 4.37. The Hall–Kier alpha value is -1.62. The molecule has 0 saturated carbocycles.